The number of nitro groups is 1. The number of hydrogen-bond donors (Lipinski definition) is 1. The van der Waals surface area contributed by atoms with Crippen LogP contribution in [0.4, 0.5) is 11.4 Å². The minimum atomic E-state index is -4.55. The van der Waals surface area contributed by atoms with Gasteiger partial charge in [-0.25, -0.2) is 8.42 Å². The Bertz CT molecular complexity index is 1850. The van der Waals surface area contributed by atoms with Gasteiger partial charge in [0.25, 0.3) is 15.7 Å². The highest BCUT2D eigenvalue weighted by molar-refractivity contribution is 7.92. The summed E-state index contributed by atoms with van der Waals surface area (Å²) in [4.78, 5) is 40.3. The van der Waals surface area contributed by atoms with Crippen molar-refractivity contribution in [2.75, 3.05) is 24.5 Å². The standard InChI is InChI=1S/C35H37ClN4O7S/c1-4-19-37-35(42)33(21-26-9-6-5-7-10-26)38(23-27-11-8-12-28(36)20-27)34(41)24-39(29-14-16-30(47-3)17-15-29)48(45,46)31-18-13-25(2)32(22-31)40(43)44/h5-18,20,22,33H,4,19,21,23-24H2,1-3H3,(H,37,42)/t33-/m1/s1. The average molecular weight is 693 g/mol. The number of sulfonamides is 1. The van der Waals surface area contributed by atoms with Gasteiger partial charge >= 0.3 is 0 Å². The lowest BCUT2D eigenvalue weighted by atomic mass is 10.0. The van der Waals surface area contributed by atoms with E-state index in [1.54, 1.807) is 36.4 Å². The summed E-state index contributed by atoms with van der Waals surface area (Å²) in [7, 11) is -3.09. The third-order valence-corrected chi connectivity index (χ3v) is 9.67. The Morgan fingerprint density at radius 1 is 0.958 bits per heavy atom. The summed E-state index contributed by atoms with van der Waals surface area (Å²) in [6.45, 7) is 3.02. The maximum absolute atomic E-state index is 14.5. The van der Waals surface area contributed by atoms with Crippen LogP contribution in [0.3, 0.4) is 0 Å². The number of anilines is 1. The number of amides is 2. The second-order valence-electron chi connectivity index (χ2n) is 11.1. The zero-order chi connectivity index (χ0) is 34.8. The number of halogens is 1. The number of carbonyl (C=O) groups excluding carboxylic acids is 2. The number of methoxy groups -OCH3 is 1. The Morgan fingerprint density at radius 3 is 2.27 bits per heavy atom. The zero-order valence-corrected chi connectivity index (χ0v) is 28.4. The molecule has 0 aliphatic rings. The third-order valence-electron chi connectivity index (χ3n) is 7.67. The summed E-state index contributed by atoms with van der Waals surface area (Å²) in [5.74, 6) is -0.626. The van der Waals surface area contributed by atoms with Crippen LogP contribution in [0.5, 0.6) is 5.75 Å². The summed E-state index contributed by atoms with van der Waals surface area (Å²) in [5, 5.41) is 15.0. The third kappa shape index (κ3) is 8.90. The number of nitrogens with zero attached hydrogens (tertiary/aromatic N) is 3. The largest absolute Gasteiger partial charge is 0.497 e. The van der Waals surface area contributed by atoms with Gasteiger partial charge in [-0.05, 0) is 66.9 Å². The smallest absolute Gasteiger partial charge is 0.273 e. The van der Waals surface area contributed by atoms with Crippen LogP contribution in [0.1, 0.15) is 30.0 Å². The monoisotopic (exact) mass is 692 g/mol. The molecular formula is C35H37ClN4O7S. The maximum Gasteiger partial charge on any atom is 0.273 e. The summed E-state index contributed by atoms with van der Waals surface area (Å²) >= 11 is 6.28. The van der Waals surface area contributed by atoms with Crippen LogP contribution in [0.15, 0.2) is 102 Å². The number of aryl methyl sites for hydroxylation is 1. The van der Waals surface area contributed by atoms with E-state index >= 15 is 0 Å². The lowest BCUT2D eigenvalue weighted by Gasteiger charge is -2.34. The summed E-state index contributed by atoms with van der Waals surface area (Å²) < 4.78 is 34.7. The van der Waals surface area contributed by atoms with Crippen molar-refractivity contribution < 1.29 is 27.7 Å². The highest BCUT2D eigenvalue weighted by atomic mass is 35.5. The van der Waals surface area contributed by atoms with Gasteiger partial charge in [0.05, 0.1) is 22.6 Å². The van der Waals surface area contributed by atoms with Gasteiger partial charge in [0.2, 0.25) is 11.8 Å². The number of rotatable bonds is 15. The van der Waals surface area contributed by atoms with Crippen molar-refractivity contribution in [1.82, 2.24) is 10.2 Å². The van der Waals surface area contributed by atoms with E-state index in [-0.39, 0.29) is 34.8 Å². The van der Waals surface area contributed by atoms with E-state index in [2.05, 4.69) is 5.32 Å². The molecule has 1 N–H and O–H groups in total. The summed E-state index contributed by atoms with van der Waals surface area (Å²) in [5.41, 5.74) is 1.44. The molecule has 13 heteroatoms. The Hall–Kier alpha value is -4.94. The minimum Gasteiger partial charge on any atom is -0.497 e. The Morgan fingerprint density at radius 2 is 1.65 bits per heavy atom. The van der Waals surface area contributed by atoms with E-state index in [9.17, 15) is 28.1 Å². The van der Waals surface area contributed by atoms with E-state index < -0.39 is 39.3 Å². The van der Waals surface area contributed by atoms with Crippen LogP contribution >= 0.6 is 11.6 Å². The lowest BCUT2D eigenvalue weighted by molar-refractivity contribution is -0.385. The Kier molecular flexibility index (Phi) is 12.2. The predicted octanol–water partition coefficient (Wildman–Crippen LogP) is 5.93. The SMILES string of the molecule is CCCNC(=O)[C@@H](Cc1ccccc1)N(Cc1cccc(Cl)c1)C(=O)CN(c1ccc(OC)cc1)S(=O)(=O)c1ccc(C)c([N+](=O)[O-])c1. The van der Waals surface area contributed by atoms with Crippen LogP contribution < -0.4 is 14.4 Å². The van der Waals surface area contributed by atoms with Crippen molar-refractivity contribution in [3.05, 3.63) is 129 Å². The average Bonchev–Trinajstić information content (AvgIpc) is 3.08. The summed E-state index contributed by atoms with van der Waals surface area (Å²) in [6, 6.07) is 24.7. The molecule has 11 nitrogen and oxygen atoms in total. The van der Waals surface area contributed by atoms with Crippen molar-refractivity contribution in [2.24, 2.45) is 0 Å². The van der Waals surface area contributed by atoms with Gasteiger partial charge in [0.15, 0.2) is 0 Å². The quantitative estimate of drug-likeness (QED) is 0.120. The first-order valence-electron chi connectivity index (χ1n) is 15.2. The first kappa shape index (κ1) is 35.9. The van der Waals surface area contributed by atoms with Crippen LogP contribution in [0.25, 0.3) is 0 Å². The number of benzene rings is 4. The van der Waals surface area contributed by atoms with E-state index in [0.29, 0.717) is 29.3 Å². The molecule has 0 heterocycles. The first-order valence-corrected chi connectivity index (χ1v) is 17.0. The molecule has 4 aromatic carbocycles. The molecule has 0 spiro atoms. The summed E-state index contributed by atoms with van der Waals surface area (Å²) in [6.07, 6.45) is 0.820. The van der Waals surface area contributed by atoms with Gasteiger partial charge in [-0.3, -0.25) is 24.0 Å². The van der Waals surface area contributed by atoms with Gasteiger partial charge in [0, 0.05) is 36.2 Å². The Labute approximate surface area is 285 Å². The topological polar surface area (TPSA) is 139 Å². The van der Waals surface area contributed by atoms with Gasteiger partial charge in [-0.1, -0.05) is 67.1 Å². The molecule has 0 fully saturated rings. The molecule has 0 radical (unpaired) electrons. The molecule has 0 aliphatic carbocycles. The molecule has 0 aliphatic heterocycles. The molecule has 4 rings (SSSR count). The number of carbonyl (C=O) groups is 2. The molecular weight excluding hydrogens is 656 g/mol. The van der Waals surface area contributed by atoms with E-state index in [4.69, 9.17) is 16.3 Å². The molecule has 4 aromatic rings. The maximum atomic E-state index is 14.5. The van der Waals surface area contributed by atoms with Crippen LogP contribution in [-0.2, 0) is 32.6 Å². The van der Waals surface area contributed by atoms with Crippen molar-refractivity contribution in [3.63, 3.8) is 0 Å². The van der Waals surface area contributed by atoms with Gasteiger partial charge in [-0.15, -0.1) is 0 Å². The molecule has 0 saturated carbocycles. The first-order chi connectivity index (χ1) is 22.9. The van der Waals surface area contributed by atoms with Crippen molar-refractivity contribution >= 4 is 44.8 Å². The number of nitro benzene ring substituents is 1. The van der Waals surface area contributed by atoms with Crippen molar-refractivity contribution in [3.8, 4) is 5.75 Å². The van der Waals surface area contributed by atoms with Crippen LogP contribution in [-0.4, -0.2) is 56.3 Å². The predicted molar refractivity (Wildman–Crippen MR) is 185 cm³/mol. The van der Waals surface area contributed by atoms with Crippen molar-refractivity contribution in [2.45, 2.75) is 44.2 Å². The minimum absolute atomic E-state index is 0.0526. The fourth-order valence-electron chi connectivity index (χ4n) is 5.10. The molecule has 0 saturated heterocycles. The molecule has 0 aromatic heterocycles. The fraction of sp³-hybridized carbons (Fsp3) is 0.257. The van der Waals surface area contributed by atoms with Crippen molar-refractivity contribution in [1.29, 1.82) is 0 Å². The van der Waals surface area contributed by atoms with Gasteiger partial charge in [-0.2, -0.15) is 0 Å². The molecule has 252 valence electrons. The highest BCUT2D eigenvalue weighted by Gasteiger charge is 2.35. The number of nitrogens with one attached hydrogen (secondary N) is 1. The lowest BCUT2D eigenvalue weighted by Crippen LogP contribution is -2.53. The van der Waals surface area contributed by atoms with E-state index in [1.165, 1.54) is 43.2 Å². The molecule has 0 bridgehead atoms. The number of ether oxygens (including phenoxy) is 1. The normalized spacial score (nSPS) is 11.8. The number of hydrogen-bond acceptors (Lipinski definition) is 7. The second kappa shape index (κ2) is 16.2. The Balaban J connectivity index is 1.84. The van der Waals surface area contributed by atoms with E-state index in [1.807, 2.05) is 37.3 Å². The molecule has 0 unspecified atom stereocenters. The van der Waals surface area contributed by atoms with Gasteiger partial charge in [0.1, 0.15) is 18.3 Å². The highest BCUT2D eigenvalue weighted by Crippen LogP contribution is 2.30. The van der Waals surface area contributed by atoms with Gasteiger partial charge < -0.3 is 15.0 Å². The molecule has 48 heavy (non-hydrogen) atoms. The second-order valence-corrected chi connectivity index (χ2v) is 13.4. The van der Waals surface area contributed by atoms with Crippen LogP contribution in [0, 0.1) is 17.0 Å². The van der Waals surface area contributed by atoms with Crippen LogP contribution in [0.2, 0.25) is 5.02 Å². The molecule has 1 atom stereocenters. The van der Waals surface area contributed by atoms with E-state index in [0.717, 1.165) is 15.9 Å². The molecule has 2 amide bonds. The fourth-order valence-corrected chi connectivity index (χ4v) is 6.75. The zero-order valence-electron chi connectivity index (χ0n) is 26.8.